The predicted octanol–water partition coefficient (Wildman–Crippen LogP) is 4.98. The molecule has 1 heterocycles. The summed E-state index contributed by atoms with van der Waals surface area (Å²) in [4.78, 5) is 4.10. The van der Waals surface area contributed by atoms with Crippen molar-refractivity contribution < 1.29 is 9.13 Å². The van der Waals surface area contributed by atoms with E-state index < -0.39 is 0 Å². The van der Waals surface area contributed by atoms with Gasteiger partial charge in [-0.2, -0.15) is 0 Å². The number of aryl methyl sites for hydroxylation is 1. The quantitative estimate of drug-likeness (QED) is 0.744. The Balaban J connectivity index is 2.68. The molecule has 2 nitrogen and oxygen atoms in total. The van der Waals surface area contributed by atoms with Crippen molar-refractivity contribution in [2.24, 2.45) is 0 Å². The Morgan fingerprint density at radius 2 is 1.90 bits per heavy atom. The average Bonchev–Trinajstić information content (AvgIpc) is 2.38. The molecule has 0 unspecified atom stereocenters. The van der Waals surface area contributed by atoms with E-state index in [9.17, 15) is 4.39 Å². The van der Waals surface area contributed by atoms with Gasteiger partial charge in [-0.15, -0.1) is 0 Å². The molecule has 0 amide bonds. The summed E-state index contributed by atoms with van der Waals surface area (Å²) in [5.41, 5.74) is 3.37. The zero-order valence-corrected chi connectivity index (χ0v) is 12.8. The zero-order valence-electron chi connectivity index (χ0n) is 12.0. The van der Waals surface area contributed by atoms with Crippen LogP contribution < -0.4 is 4.74 Å². The van der Waals surface area contributed by atoms with Gasteiger partial charge < -0.3 is 4.74 Å². The number of aromatic nitrogens is 1. The zero-order chi connectivity index (χ0) is 14.9. The fraction of sp³-hybridized carbons (Fsp3) is 0.312. The Morgan fingerprint density at radius 1 is 1.20 bits per heavy atom. The summed E-state index contributed by atoms with van der Waals surface area (Å²) in [6, 6.07) is 5.05. The summed E-state index contributed by atoms with van der Waals surface area (Å²) in [5.74, 6) is 0.347. The second kappa shape index (κ2) is 5.80. The van der Waals surface area contributed by atoms with Crippen LogP contribution in [0.1, 0.15) is 30.9 Å². The van der Waals surface area contributed by atoms with Crippen LogP contribution >= 0.6 is 11.6 Å². The molecular formula is C16H17ClFNO. The van der Waals surface area contributed by atoms with Crippen LogP contribution in [0.25, 0.3) is 11.1 Å². The number of halogens is 2. The van der Waals surface area contributed by atoms with E-state index >= 15 is 0 Å². The van der Waals surface area contributed by atoms with Gasteiger partial charge in [0, 0.05) is 23.4 Å². The summed E-state index contributed by atoms with van der Waals surface area (Å²) in [6.07, 6.45) is 1.69. The standard InChI is InChI=1S/C16H17ClFNO/c1-9(2)11-6-12(15(20-4)7-14(11)18)13-8-19-16(17)5-10(13)3/h5-9H,1-4H3. The minimum absolute atomic E-state index is 0.0974. The third-order valence-corrected chi connectivity index (χ3v) is 3.52. The van der Waals surface area contributed by atoms with Crippen LogP contribution in [-0.4, -0.2) is 12.1 Å². The van der Waals surface area contributed by atoms with E-state index in [1.54, 1.807) is 12.3 Å². The highest BCUT2D eigenvalue weighted by Crippen LogP contribution is 2.36. The number of methoxy groups -OCH3 is 1. The second-order valence-electron chi connectivity index (χ2n) is 5.05. The number of pyridine rings is 1. The van der Waals surface area contributed by atoms with Crippen molar-refractivity contribution in [3.8, 4) is 16.9 Å². The minimum atomic E-state index is -0.250. The third-order valence-electron chi connectivity index (χ3n) is 3.31. The Bertz CT molecular complexity index is 641. The molecular weight excluding hydrogens is 277 g/mol. The maximum absolute atomic E-state index is 14.0. The fourth-order valence-electron chi connectivity index (χ4n) is 2.20. The SMILES string of the molecule is COc1cc(F)c(C(C)C)cc1-c1cnc(Cl)cc1C. The molecule has 0 N–H and O–H groups in total. The molecule has 106 valence electrons. The van der Waals surface area contributed by atoms with Gasteiger partial charge >= 0.3 is 0 Å². The molecule has 20 heavy (non-hydrogen) atoms. The van der Waals surface area contributed by atoms with Crippen LogP contribution in [0.3, 0.4) is 0 Å². The van der Waals surface area contributed by atoms with Gasteiger partial charge in [-0.05, 0) is 36.1 Å². The number of hydrogen-bond donors (Lipinski definition) is 0. The van der Waals surface area contributed by atoms with Crippen LogP contribution in [-0.2, 0) is 0 Å². The summed E-state index contributed by atoms with van der Waals surface area (Å²) in [7, 11) is 1.53. The summed E-state index contributed by atoms with van der Waals surface area (Å²) >= 11 is 5.88. The Hall–Kier alpha value is -1.61. The van der Waals surface area contributed by atoms with Crippen molar-refractivity contribution in [3.63, 3.8) is 0 Å². The number of ether oxygens (including phenoxy) is 1. The van der Waals surface area contributed by atoms with Crippen molar-refractivity contribution in [3.05, 3.63) is 46.5 Å². The molecule has 0 aliphatic rings. The first-order valence-electron chi connectivity index (χ1n) is 6.44. The number of nitrogens with zero attached hydrogens (tertiary/aromatic N) is 1. The van der Waals surface area contributed by atoms with Gasteiger partial charge in [0.2, 0.25) is 0 Å². The molecule has 0 bridgehead atoms. The van der Waals surface area contributed by atoms with Gasteiger partial charge in [0.15, 0.2) is 0 Å². The number of benzene rings is 1. The molecule has 1 aromatic carbocycles. The highest BCUT2D eigenvalue weighted by Gasteiger charge is 2.16. The Morgan fingerprint density at radius 3 is 2.45 bits per heavy atom. The van der Waals surface area contributed by atoms with Crippen LogP contribution in [0.5, 0.6) is 5.75 Å². The molecule has 2 aromatic rings. The molecule has 0 fully saturated rings. The van der Waals surface area contributed by atoms with Crippen molar-refractivity contribution in [1.82, 2.24) is 4.98 Å². The van der Waals surface area contributed by atoms with E-state index in [4.69, 9.17) is 16.3 Å². The lowest BCUT2D eigenvalue weighted by Crippen LogP contribution is -1.98. The number of rotatable bonds is 3. The van der Waals surface area contributed by atoms with Crippen molar-refractivity contribution in [2.75, 3.05) is 7.11 Å². The van der Waals surface area contributed by atoms with Gasteiger partial charge in [-0.25, -0.2) is 9.37 Å². The van der Waals surface area contributed by atoms with E-state index in [2.05, 4.69) is 4.98 Å². The first-order chi connectivity index (χ1) is 9.43. The van der Waals surface area contributed by atoms with Gasteiger partial charge in [-0.3, -0.25) is 0 Å². The van der Waals surface area contributed by atoms with Crippen LogP contribution in [0.2, 0.25) is 5.15 Å². The lowest BCUT2D eigenvalue weighted by Gasteiger charge is -2.15. The first-order valence-corrected chi connectivity index (χ1v) is 6.81. The minimum Gasteiger partial charge on any atom is -0.496 e. The molecule has 2 rings (SSSR count). The Kier molecular flexibility index (Phi) is 4.29. The van der Waals surface area contributed by atoms with Gasteiger partial charge in [0.25, 0.3) is 0 Å². The molecule has 1 aromatic heterocycles. The molecule has 0 aliphatic heterocycles. The summed E-state index contributed by atoms with van der Waals surface area (Å²) < 4.78 is 19.3. The molecule has 0 atom stereocenters. The molecule has 0 spiro atoms. The van der Waals surface area contributed by atoms with Crippen LogP contribution in [0.15, 0.2) is 24.4 Å². The van der Waals surface area contributed by atoms with E-state index in [0.717, 1.165) is 16.7 Å². The topological polar surface area (TPSA) is 22.1 Å². The van der Waals surface area contributed by atoms with Gasteiger partial charge in [-0.1, -0.05) is 25.4 Å². The third kappa shape index (κ3) is 2.78. The van der Waals surface area contributed by atoms with Gasteiger partial charge in [0.05, 0.1) is 7.11 Å². The summed E-state index contributed by atoms with van der Waals surface area (Å²) in [6.45, 7) is 5.87. The molecule has 0 radical (unpaired) electrons. The lowest BCUT2D eigenvalue weighted by molar-refractivity contribution is 0.412. The molecule has 4 heteroatoms. The van der Waals surface area contributed by atoms with Crippen LogP contribution in [0.4, 0.5) is 4.39 Å². The normalized spacial score (nSPS) is 10.9. The maximum Gasteiger partial charge on any atom is 0.130 e. The second-order valence-corrected chi connectivity index (χ2v) is 5.44. The highest BCUT2D eigenvalue weighted by atomic mass is 35.5. The largest absolute Gasteiger partial charge is 0.496 e. The van der Waals surface area contributed by atoms with E-state index in [1.165, 1.54) is 13.2 Å². The smallest absolute Gasteiger partial charge is 0.130 e. The van der Waals surface area contributed by atoms with E-state index in [0.29, 0.717) is 16.5 Å². The van der Waals surface area contributed by atoms with Crippen molar-refractivity contribution in [1.29, 1.82) is 0 Å². The lowest BCUT2D eigenvalue weighted by atomic mass is 9.95. The van der Waals surface area contributed by atoms with E-state index in [1.807, 2.05) is 26.8 Å². The summed E-state index contributed by atoms with van der Waals surface area (Å²) in [5, 5.41) is 0.441. The molecule has 0 saturated heterocycles. The van der Waals surface area contributed by atoms with E-state index in [-0.39, 0.29) is 11.7 Å². The number of hydrogen-bond acceptors (Lipinski definition) is 2. The molecule has 0 aliphatic carbocycles. The first kappa shape index (κ1) is 14.8. The highest BCUT2D eigenvalue weighted by molar-refractivity contribution is 6.29. The van der Waals surface area contributed by atoms with Gasteiger partial charge in [0.1, 0.15) is 16.7 Å². The van der Waals surface area contributed by atoms with Crippen LogP contribution in [0, 0.1) is 12.7 Å². The maximum atomic E-state index is 14.0. The predicted molar refractivity (Wildman–Crippen MR) is 80.0 cm³/mol. The average molecular weight is 294 g/mol. The van der Waals surface area contributed by atoms with Crippen molar-refractivity contribution >= 4 is 11.6 Å². The van der Waals surface area contributed by atoms with Crippen molar-refractivity contribution in [2.45, 2.75) is 26.7 Å². The monoisotopic (exact) mass is 293 g/mol. The molecule has 0 saturated carbocycles. The Labute approximate surface area is 123 Å². The fourth-order valence-corrected chi connectivity index (χ4v) is 2.41.